The first kappa shape index (κ1) is 12.5. The second kappa shape index (κ2) is 5.56. The van der Waals surface area contributed by atoms with Gasteiger partial charge in [0.15, 0.2) is 0 Å². The molecule has 4 heteroatoms. The Hall–Kier alpha value is -2.00. The number of nitrogens with one attached hydrogen (secondary N) is 1. The van der Waals surface area contributed by atoms with Gasteiger partial charge in [0.2, 0.25) is 0 Å². The number of ether oxygens (including phenoxy) is 1. The average Bonchev–Trinajstić information content (AvgIpc) is 2.38. The lowest BCUT2D eigenvalue weighted by atomic mass is 10.2. The fourth-order valence-corrected chi connectivity index (χ4v) is 1.76. The summed E-state index contributed by atoms with van der Waals surface area (Å²) in [4.78, 5) is 11.4. The lowest BCUT2D eigenvalue weighted by Crippen LogP contribution is -2.01. The van der Waals surface area contributed by atoms with Crippen LogP contribution in [0.3, 0.4) is 0 Å². The summed E-state index contributed by atoms with van der Waals surface area (Å²) in [5, 5.41) is 3.83. The second-order valence-electron chi connectivity index (χ2n) is 3.71. The largest absolute Gasteiger partial charge is 0.465 e. The lowest BCUT2D eigenvalue weighted by molar-refractivity contribution is 0.0601. The number of benzene rings is 2. The summed E-state index contributed by atoms with van der Waals surface area (Å²) in [6.07, 6.45) is 0. The van der Waals surface area contributed by atoms with Crippen LogP contribution >= 0.6 is 11.6 Å². The van der Waals surface area contributed by atoms with Crippen molar-refractivity contribution in [2.75, 3.05) is 12.4 Å². The lowest BCUT2D eigenvalue weighted by Gasteiger charge is -2.08. The van der Waals surface area contributed by atoms with Crippen molar-refractivity contribution < 1.29 is 9.53 Å². The molecule has 0 fully saturated rings. The van der Waals surface area contributed by atoms with E-state index in [1.54, 1.807) is 24.3 Å². The zero-order chi connectivity index (χ0) is 13.0. The van der Waals surface area contributed by atoms with Gasteiger partial charge in [0.25, 0.3) is 0 Å². The zero-order valence-corrected chi connectivity index (χ0v) is 10.6. The molecule has 0 saturated carbocycles. The molecule has 92 valence electrons. The molecule has 0 unspecified atom stereocenters. The highest BCUT2D eigenvalue weighted by Gasteiger charge is 2.05. The quantitative estimate of drug-likeness (QED) is 0.853. The average molecular weight is 262 g/mol. The molecule has 0 aromatic heterocycles. The van der Waals surface area contributed by atoms with E-state index in [1.807, 2.05) is 24.3 Å². The summed E-state index contributed by atoms with van der Waals surface area (Å²) in [6, 6.07) is 14.5. The molecule has 2 aromatic carbocycles. The van der Waals surface area contributed by atoms with Crippen LogP contribution in [0.4, 0.5) is 11.4 Å². The van der Waals surface area contributed by atoms with Gasteiger partial charge >= 0.3 is 5.97 Å². The van der Waals surface area contributed by atoms with Crippen LogP contribution in [0.15, 0.2) is 48.5 Å². The molecule has 0 spiro atoms. The van der Waals surface area contributed by atoms with E-state index in [-0.39, 0.29) is 5.97 Å². The molecule has 0 saturated heterocycles. The molecular weight excluding hydrogens is 250 g/mol. The number of carbonyl (C=O) groups excluding carboxylic acids is 1. The Kier molecular flexibility index (Phi) is 3.85. The Morgan fingerprint density at radius 1 is 1.11 bits per heavy atom. The summed E-state index contributed by atoms with van der Waals surface area (Å²) in [7, 11) is 1.36. The number of rotatable bonds is 3. The van der Waals surface area contributed by atoms with E-state index < -0.39 is 0 Å². The van der Waals surface area contributed by atoms with Crippen molar-refractivity contribution in [3.8, 4) is 0 Å². The third-order valence-corrected chi connectivity index (χ3v) is 2.63. The first-order chi connectivity index (χ1) is 8.69. The van der Waals surface area contributed by atoms with Crippen LogP contribution in [0.2, 0.25) is 5.02 Å². The van der Waals surface area contributed by atoms with Crippen LogP contribution < -0.4 is 5.32 Å². The first-order valence-electron chi connectivity index (χ1n) is 5.40. The van der Waals surface area contributed by atoms with E-state index in [1.165, 1.54) is 7.11 Å². The topological polar surface area (TPSA) is 38.3 Å². The van der Waals surface area contributed by atoms with Crippen LogP contribution in [0.1, 0.15) is 10.4 Å². The standard InChI is InChI=1S/C14H12ClNO2/c1-18-14(17)10-4-2-6-12(8-10)16-13-7-3-5-11(15)9-13/h2-9,16H,1H3. The van der Waals surface area contributed by atoms with Crippen molar-refractivity contribution in [2.24, 2.45) is 0 Å². The maximum absolute atomic E-state index is 11.4. The van der Waals surface area contributed by atoms with Gasteiger partial charge < -0.3 is 10.1 Å². The molecule has 18 heavy (non-hydrogen) atoms. The minimum Gasteiger partial charge on any atom is -0.465 e. The number of anilines is 2. The Morgan fingerprint density at radius 3 is 2.44 bits per heavy atom. The fraction of sp³-hybridized carbons (Fsp3) is 0.0714. The molecule has 0 bridgehead atoms. The molecule has 0 radical (unpaired) electrons. The summed E-state index contributed by atoms with van der Waals surface area (Å²) >= 11 is 5.90. The van der Waals surface area contributed by atoms with E-state index in [2.05, 4.69) is 10.1 Å². The van der Waals surface area contributed by atoms with Gasteiger partial charge in [-0.25, -0.2) is 4.79 Å². The summed E-state index contributed by atoms with van der Waals surface area (Å²) in [6.45, 7) is 0. The molecular formula is C14H12ClNO2. The van der Waals surface area contributed by atoms with E-state index >= 15 is 0 Å². The molecule has 3 nitrogen and oxygen atoms in total. The van der Waals surface area contributed by atoms with Crippen molar-refractivity contribution in [3.63, 3.8) is 0 Å². The van der Waals surface area contributed by atoms with Crippen molar-refractivity contribution in [3.05, 3.63) is 59.1 Å². The van der Waals surface area contributed by atoms with Crippen LogP contribution in [-0.4, -0.2) is 13.1 Å². The maximum atomic E-state index is 11.4. The summed E-state index contributed by atoms with van der Waals surface area (Å²) in [5.41, 5.74) is 2.18. The van der Waals surface area contributed by atoms with Gasteiger partial charge in [-0.2, -0.15) is 0 Å². The van der Waals surface area contributed by atoms with Gasteiger partial charge in [-0.3, -0.25) is 0 Å². The smallest absolute Gasteiger partial charge is 0.337 e. The third-order valence-electron chi connectivity index (χ3n) is 2.40. The molecule has 2 rings (SSSR count). The van der Waals surface area contributed by atoms with Gasteiger partial charge in [0.05, 0.1) is 12.7 Å². The van der Waals surface area contributed by atoms with Gasteiger partial charge in [-0.1, -0.05) is 23.7 Å². The third kappa shape index (κ3) is 3.02. The van der Waals surface area contributed by atoms with Gasteiger partial charge in [-0.05, 0) is 36.4 Å². The van der Waals surface area contributed by atoms with Crippen LogP contribution in [-0.2, 0) is 4.74 Å². The van der Waals surface area contributed by atoms with Crippen molar-refractivity contribution in [1.29, 1.82) is 0 Å². The van der Waals surface area contributed by atoms with Gasteiger partial charge in [-0.15, -0.1) is 0 Å². The predicted molar refractivity (Wildman–Crippen MR) is 72.5 cm³/mol. The Morgan fingerprint density at radius 2 is 1.78 bits per heavy atom. The number of carbonyl (C=O) groups is 1. The molecule has 0 atom stereocenters. The minimum absolute atomic E-state index is 0.357. The minimum atomic E-state index is -0.357. The highest BCUT2D eigenvalue weighted by Crippen LogP contribution is 2.21. The predicted octanol–water partition coefficient (Wildman–Crippen LogP) is 3.87. The zero-order valence-electron chi connectivity index (χ0n) is 9.81. The van der Waals surface area contributed by atoms with Crippen molar-refractivity contribution >= 4 is 28.9 Å². The van der Waals surface area contributed by atoms with Crippen LogP contribution in [0, 0.1) is 0 Å². The number of hydrogen-bond donors (Lipinski definition) is 1. The SMILES string of the molecule is COC(=O)c1cccc(Nc2cccc(Cl)c2)c1. The Labute approximate surface area is 110 Å². The molecule has 0 aliphatic rings. The highest BCUT2D eigenvalue weighted by atomic mass is 35.5. The van der Waals surface area contributed by atoms with E-state index in [9.17, 15) is 4.79 Å². The second-order valence-corrected chi connectivity index (χ2v) is 4.14. The fourth-order valence-electron chi connectivity index (χ4n) is 1.57. The Bertz CT molecular complexity index is 569. The summed E-state index contributed by atoms with van der Waals surface area (Å²) < 4.78 is 4.67. The van der Waals surface area contributed by atoms with E-state index in [0.717, 1.165) is 11.4 Å². The van der Waals surface area contributed by atoms with Crippen LogP contribution in [0.25, 0.3) is 0 Å². The van der Waals surface area contributed by atoms with Crippen LogP contribution in [0.5, 0.6) is 0 Å². The number of esters is 1. The normalized spacial score (nSPS) is 9.89. The van der Waals surface area contributed by atoms with Crippen molar-refractivity contribution in [1.82, 2.24) is 0 Å². The monoisotopic (exact) mass is 261 g/mol. The molecule has 1 N–H and O–H groups in total. The highest BCUT2D eigenvalue weighted by molar-refractivity contribution is 6.30. The number of methoxy groups -OCH3 is 1. The molecule has 0 aliphatic heterocycles. The Balaban J connectivity index is 2.22. The van der Waals surface area contributed by atoms with E-state index in [0.29, 0.717) is 10.6 Å². The first-order valence-corrected chi connectivity index (χ1v) is 5.78. The molecule has 0 aliphatic carbocycles. The molecule has 2 aromatic rings. The van der Waals surface area contributed by atoms with Gasteiger partial charge in [0, 0.05) is 16.4 Å². The van der Waals surface area contributed by atoms with Gasteiger partial charge in [0.1, 0.15) is 0 Å². The van der Waals surface area contributed by atoms with Crippen molar-refractivity contribution in [2.45, 2.75) is 0 Å². The van der Waals surface area contributed by atoms with E-state index in [4.69, 9.17) is 11.6 Å². The summed E-state index contributed by atoms with van der Waals surface area (Å²) in [5.74, 6) is -0.357. The molecule has 0 amide bonds. The number of hydrogen-bond acceptors (Lipinski definition) is 3. The number of halogens is 1. The molecule has 0 heterocycles. The maximum Gasteiger partial charge on any atom is 0.337 e.